The molecule has 0 N–H and O–H groups in total. The Bertz CT molecular complexity index is 720. The Morgan fingerprint density at radius 2 is 2.00 bits per heavy atom. The molecule has 0 fully saturated rings. The Hall–Kier alpha value is -2.47. The first-order valence-electron chi connectivity index (χ1n) is 7.33. The average molecular weight is 345 g/mol. The molecule has 3 rings (SSSR count). The van der Waals surface area contributed by atoms with Gasteiger partial charge in [-0.25, -0.2) is 4.79 Å². The van der Waals surface area contributed by atoms with Gasteiger partial charge in [0.05, 0.1) is 19.2 Å². The molecule has 0 saturated carbocycles. The Balaban J connectivity index is 0.00000208. The lowest BCUT2D eigenvalue weighted by atomic mass is 10.1. The van der Waals surface area contributed by atoms with Crippen molar-refractivity contribution >= 4 is 25.9 Å². The molecule has 5 nitrogen and oxygen atoms in total. The molecule has 2 aromatic carbocycles. The third kappa shape index (κ3) is 3.71. The molecule has 1 heterocycles. The highest BCUT2D eigenvalue weighted by molar-refractivity contribution is 7.59. The van der Waals surface area contributed by atoms with Crippen molar-refractivity contribution in [2.75, 3.05) is 13.7 Å². The van der Waals surface area contributed by atoms with E-state index in [1.54, 1.807) is 23.1 Å². The first-order chi connectivity index (χ1) is 11.2. The van der Waals surface area contributed by atoms with Crippen molar-refractivity contribution in [3.63, 3.8) is 0 Å². The summed E-state index contributed by atoms with van der Waals surface area (Å²) < 4.78 is 10.9. The molecule has 1 atom stereocenters. The summed E-state index contributed by atoms with van der Waals surface area (Å²) in [6, 6.07) is 14.9. The van der Waals surface area contributed by atoms with Gasteiger partial charge in [0.25, 0.3) is 0 Å². The van der Waals surface area contributed by atoms with Gasteiger partial charge in [-0.15, -0.1) is 0 Å². The Kier molecular flexibility index (Phi) is 5.87. The van der Waals surface area contributed by atoms with Gasteiger partial charge in [0.1, 0.15) is 11.9 Å². The highest BCUT2D eigenvalue weighted by Gasteiger charge is 2.24. The van der Waals surface area contributed by atoms with Crippen molar-refractivity contribution in [1.82, 2.24) is 4.90 Å². The molecule has 0 aliphatic carbocycles. The second kappa shape index (κ2) is 7.88. The fourth-order valence-electron chi connectivity index (χ4n) is 2.65. The topological polar surface area (TPSA) is 55.8 Å². The highest BCUT2D eigenvalue weighted by atomic mass is 32.1. The largest absolute Gasteiger partial charge is 0.483 e. The Morgan fingerprint density at radius 1 is 1.25 bits per heavy atom. The SMILES string of the molecule is COC(=O)c1ccc2c(c1)O[C@@H](c1ccccc1)CN(C=O)C2.S. The second-order valence-electron chi connectivity index (χ2n) is 5.37. The number of ether oxygens (including phenoxy) is 2. The van der Waals surface area contributed by atoms with Crippen molar-refractivity contribution in [3.8, 4) is 5.75 Å². The number of benzene rings is 2. The fraction of sp³-hybridized carbons (Fsp3) is 0.222. The van der Waals surface area contributed by atoms with Crippen LogP contribution in [-0.4, -0.2) is 30.9 Å². The number of esters is 1. The van der Waals surface area contributed by atoms with Gasteiger partial charge >= 0.3 is 5.97 Å². The van der Waals surface area contributed by atoms with Crippen molar-refractivity contribution in [2.45, 2.75) is 12.6 Å². The zero-order chi connectivity index (χ0) is 16.2. The van der Waals surface area contributed by atoms with Gasteiger partial charge in [0, 0.05) is 12.1 Å². The van der Waals surface area contributed by atoms with Crippen LogP contribution in [0.4, 0.5) is 0 Å². The maximum atomic E-state index is 11.7. The second-order valence-corrected chi connectivity index (χ2v) is 5.37. The van der Waals surface area contributed by atoms with Gasteiger partial charge in [-0.05, 0) is 17.7 Å². The van der Waals surface area contributed by atoms with Crippen molar-refractivity contribution in [1.29, 1.82) is 0 Å². The number of rotatable bonds is 3. The van der Waals surface area contributed by atoms with Crippen LogP contribution in [0.15, 0.2) is 48.5 Å². The molecule has 0 aromatic heterocycles. The molecule has 1 amide bonds. The lowest BCUT2D eigenvalue weighted by Gasteiger charge is -2.20. The Morgan fingerprint density at radius 3 is 2.67 bits per heavy atom. The summed E-state index contributed by atoms with van der Waals surface area (Å²) in [6.45, 7) is 0.902. The van der Waals surface area contributed by atoms with E-state index in [0.717, 1.165) is 17.5 Å². The molecule has 24 heavy (non-hydrogen) atoms. The third-order valence-electron chi connectivity index (χ3n) is 3.85. The van der Waals surface area contributed by atoms with E-state index in [0.29, 0.717) is 24.4 Å². The minimum Gasteiger partial charge on any atom is -0.483 e. The van der Waals surface area contributed by atoms with E-state index in [2.05, 4.69) is 0 Å². The van der Waals surface area contributed by atoms with Gasteiger partial charge in [-0.2, -0.15) is 13.5 Å². The summed E-state index contributed by atoms with van der Waals surface area (Å²) in [6.07, 6.45) is 0.540. The highest BCUT2D eigenvalue weighted by Crippen LogP contribution is 2.31. The number of methoxy groups -OCH3 is 1. The zero-order valence-corrected chi connectivity index (χ0v) is 14.3. The minimum atomic E-state index is -0.413. The predicted octanol–water partition coefficient (Wildman–Crippen LogP) is 2.68. The first-order valence-corrected chi connectivity index (χ1v) is 7.33. The summed E-state index contributed by atoms with van der Waals surface area (Å²) in [7, 11) is 1.34. The van der Waals surface area contributed by atoms with Crippen molar-refractivity contribution in [3.05, 3.63) is 65.2 Å². The van der Waals surface area contributed by atoms with Crippen LogP contribution in [0.3, 0.4) is 0 Å². The number of nitrogens with zero attached hydrogens (tertiary/aromatic N) is 1. The molecule has 0 bridgehead atoms. The molecule has 1 aliphatic heterocycles. The van der Waals surface area contributed by atoms with Gasteiger partial charge in [0.15, 0.2) is 0 Å². The van der Waals surface area contributed by atoms with Crippen LogP contribution < -0.4 is 4.74 Å². The summed E-state index contributed by atoms with van der Waals surface area (Å²) >= 11 is 0. The smallest absolute Gasteiger partial charge is 0.337 e. The van der Waals surface area contributed by atoms with Crippen LogP contribution in [0, 0.1) is 0 Å². The maximum absolute atomic E-state index is 11.7. The van der Waals surface area contributed by atoms with Gasteiger partial charge < -0.3 is 14.4 Å². The number of fused-ring (bicyclic) bond motifs is 1. The quantitative estimate of drug-likeness (QED) is 0.634. The van der Waals surface area contributed by atoms with Gasteiger partial charge in [-0.1, -0.05) is 36.4 Å². The molecule has 126 valence electrons. The molecule has 0 unspecified atom stereocenters. The van der Waals surface area contributed by atoms with E-state index in [1.807, 2.05) is 30.3 Å². The van der Waals surface area contributed by atoms with Crippen LogP contribution in [0.25, 0.3) is 0 Å². The number of hydrogen-bond donors (Lipinski definition) is 0. The molecule has 6 heteroatoms. The molecule has 2 aromatic rings. The minimum absolute atomic E-state index is 0. The molecular formula is C18H19NO4S. The van der Waals surface area contributed by atoms with Crippen LogP contribution in [0.5, 0.6) is 5.75 Å². The van der Waals surface area contributed by atoms with Gasteiger partial charge in [-0.3, -0.25) is 4.79 Å². The zero-order valence-electron chi connectivity index (χ0n) is 13.3. The normalized spacial score (nSPS) is 16.0. The van der Waals surface area contributed by atoms with Crippen molar-refractivity contribution in [2.24, 2.45) is 0 Å². The number of amides is 1. The third-order valence-corrected chi connectivity index (χ3v) is 3.85. The number of carbonyl (C=O) groups excluding carboxylic acids is 2. The van der Waals surface area contributed by atoms with E-state index in [9.17, 15) is 9.59 Å². The van der Waals surface area contributed by atoms with Gasteiger partial charge in [0.2, 0.25) is 6.41 Å². The van der Waals surface area contributed by atoms with Crippen molar-refractivity contribution < 1.29 is 19.1 Å². The maximum Gasteiger partial charge on any atom is 0.337 e. The van der Waals surface area contributed by atoms with Crippen LogP contribution in [0.1, 0.15) is 27.6 Å². The van der Waals surface area contributed by atoms with E-state index in [-0.39, 0.29) is 19.6 Å². The molecule has 0 saturated heterocycles. The molecule has 0 radical (unpaired) electrons. The number of carbonyl (C=O) groups is 2. The summed E-state index contributed by atoms with van der Waals surface area (Å²) in [4.78, 5) is 24.7. The Labute approximate surface area is 147 Å². The predicted molar refractivity (Wildman–Crippen MR) is 94.4 cm³/mol. The lowest BCUT2D eigenvalue weighted by molar-refractivity contribution is -0.119. The van der Waals surface area contributed by atoms with E-state index < -0.39 is 5.97 Å². The average Bonchev–Trinajstić information content (AvgIpc) is 2.80. The monoisotopic (exact) mass is 345 g/mol. The van der Waals surface area contributed by atoms with E-state index >= 15 is 0 Å². The molecule has 1 aliphatic rings. The summed E-state index contributed by atoms with van der Waals surface area (Å²) in [5.41, 5.74) is 2.27. The lowest BCUT2D eigenvalue weighted by Crippen LogP contribution is -2.26. The fourth-order valence-corrected chi connectivity index (χ4v) is 2.65. The summed E-state index contributed by atoms with van der Waals surface area (Å²) in [5, 5.41) is 0. The van der Waals surface area contributed by atoms with E-state index in [1.165, 1.54) is 7.11 Å². The standard InChI is InChI=1S/C18H17NO4.H2S/c1-22-18(21)14-7-8-15-10-19(12-20)11-17(23-16(15)9-14)13-5-3-2-4-6-13;/h2-9,12,17H,10-11H2,1H3;1H2/t17-;/m1./s1. The van der Waals surface area contributed by atoms with Crippen LogP contribution in [-0.2, 0) is 16.1 Å². The van der Waals surface area contributed by atoms with Crippen LogP contribution in [0.2, 0.25) is 0 Å². The summed E-state index contributed by atoms with van der Waals surface area (Å²) in [5.74, 6) is 0.190. The molecular weight excluding hydrogens is 326 g/mol. The van der Waals surface area contributed by atoms with E-state index in [4.69, 9.17) is 9.47 Å². The number of hydrogen-bond acceptors (Lipinski definition) is 4. The first kappa shape index (κ1) is 17.9. The van der Waals surface area contributed by atoms with Crippen LogP contribution >= 0.6 is 13.5 Å². The molecule has 0 spiro atoms.